The zero-order valence-corrected chi connectivity index (χ0v) is 17.8. The van der Waals surface area contributed by atoms with Crippen LogP contribution in [0.3, 0.4) is 0 Å². The van der Waals surface area contributed by atoms with E-state index in [1.807, 2.05) is 30.3 Å². The third-order valence-corrected chi connectivity index (χ3v) is 4.69. The quantitative estimate of drug-likeness (QED) is 0.753. The molecule has 0 aliphatic carbocycles. The van der Waals surface area contributed by atoms with Gasteiger partial charge in [0, 0.05) is 12.2 Å². The number of nitrogens with zero attached hydrogens (tertiary/aromatic N) is 1. The van der Waals surface area contributed by atoms with Gasteiger partial charge in [-0.2, -0.15) is 0 Å². The summed E-state index contributed by atoms with van der Waals surface area (Å²) in [6.45, 7) is 5.52. The predicted octanol–water partition coefficient (Wildman–Crippen LogP) is 4.35. The standard InChI is InChI=1S/C23H26N2O6/c1-23(2,3)31-21(28)24-17-10-9-16-11-12-25(19(20(26)27)18(16)13-17)22(29)30-14-15-7-5-4-6-8-15/h4-10,13,19H,11-12,14H2,1-3H3,(H,24,28)(H,26,27). The fourth-order valence-corrected chi connectivity index (χ4v) is 3.38. The Morgan fingerprint density at radius 2 is 1.84 bits per heavy atom. The topological polar surface area (TPSA) is 105 Å². The number of hydrogen-bond acceptors (Lipinski definition) is 5. The number of carbonyl (C=O) groups excluding carboxylic acids is 2. The van der Waals surface area contributed by atoms with Crippen LogP contribution < -0.4 is 5.32 Å². The van der Waals surface area contributed by atoms with Crippen molar-refractivity contribution < 1.29 is 29.0 Å². The first-order valence-electron chi connectivity index (χ1n) is 9.97. The third-order valence-electron chi connectivity index (χ3n) is 4.69. The Kier molecular flexibility index (Phi) is 6.48. The minimum absolute atomic E-state index is 0.0512. The molecule has 8 nitrogen and oxygen atoms in total. The van der Waals surface area contributed by atoms with Crippen LogP contribution in [0.4, 0.5) is 15.3 Å². The molecule has 2 amide bonds. The van der Waals surface area contributed by atoms with E-state index < -0.39 is 29.8 Å². The number of nitrogens with one attached hydrogen (secondary N) is 1. The molecule has 1 aliphatic heterocycles. The van der Waals surface area contributed by atoms with Gasteiger partial charge in [0.1, 0.15) is 12.2 Å². The normalized spacial score (nSPS) is 15.6. The molecule has 1 unspecified atom stereocenters. The van der Waals surface area contributed by atoms with E-state index in [-0.39, 0.29) is 13.2 Å². The largest absolute Gasteiger partial charge is 0.479 e. The zero-order chi connectivity index (χ0) is 22.6. The fraction of sp³-hybridized carbons (Fsp3) is 0.348. The van der Waals surface area contributed by atoms with Crippen LogP contribution in [0.2, 0.25) is 0 Å². The van der Waals surface area contributed by atoms with Crippen molar-refractivity contribution in [1.82, 2.24) is 4.90 Å². The summed E-state index contributed by atoms with van der Waals surface area (Å²) in [6, 6.07) is 13.0. The van der Waals surface area contributed by atoms with Crippen molar-refractivity contribution in [2.75, 3.05) is 11.9 Å². The van der Waals surface area contributed by atoms with E-state index >= 15 is 0 Å². The molecule has 0 fully saturated rings. The lowest BCUT2D eigenvalue weighted by Crippen LogP contribution is -2.43. The van der Waals surface area contributed by atoms with Gasteiger partial charge in [-0.05, 0) is 56.0 Å². The first-order valence-corrected chi connectivity index (χ1v) is 9.97. The molecule has 0 bridgehead atoms. The van der Waals surface area contributed by atoms with Gasteiger partial charge in [0.15, 0.2) is 6.04 Å². The summed E-state index contributed by atoms with van der Waals surface area (Å²) in [4.78, 5) is 38.0. The minimum Gasteiger partial charge on any atom is -0.479 e. The van der Waals surface area contributed by atoms with Crippen LogP contribution in [-0.2, 0) is 27.3 Å². The average Bonchev–Trinajstić information content (AvgIpc) is 2.70. The third kappa shape index (κ3) is 5.75. The van der Waals surface area contributed by atoms with Gasteiger partial charge in [0.2, 0.25) is 0 Å². The highest BCUT2D eigenvalue weighted by Gasteiger charge is 2.37. The summed E-state index contributed by atoms with van der Waals surface area (Å²) < 4.78 is 10.6. The van der Waals surface area contributed by atoms with E-state index in [1.54, 1.807) is 39.0 Å². The lowest BCUT2D eigenvalue weighted by Gasteiger charge is -2.34. The Labute approximate surface area is 180 Å². The van der Waals surface area contributed by atoms with Crippen LogP contribution in [0.25, 0.3) is 0 Å². The number of hydrogen-bond donors (Lipinski definition) is 2. The number of ether oxygens (including phenoxy) is 2. The predicted molar refractivity (Wildman–Crippen MR) is 114 cm³/mol. The fourth-order valence-electron chi connectivity index (χ4n) is 3.38. The monoisotopic (exact) mass is 426 g/mol. The van der Waals surface area contributed by atoms with E-state index in [0.717, 1.165) is 11.1 Å². The van der Waals surface area contributed by atoms with Crippen molar-refractivity contribution in [3.05, 3.63) is 65.2 Å². The Morgan fingerprint density at radius 3 is 2.48 bits per heavy atom. The summed E-state index contributed by atoms with van der Waals surface area (Å²) in [6.07, 6.45) is -0.867. The van der Waals surface area contributed by atoms with Crippen LogP contribution >= 0.6 is 0 Å². The molecule has 2 aromatic carbocycles. The number of anilines is 1. The van der Waals surface area contributed by atoms with Crippen molar-refractivity contribution in [2.45, 2.75) is 45.4 Å². The molecule has 1 atom stereocenters. The van der Waals surface area contributed by atoms with Gasteiger partial charge in [-0.15, -0.1) is 0 Å². The van der Waals surface area contributed by atoms with Crippen molar-refractivity contribution >= 4 is 23.8 Å². The first kappa shape index (κ1) is 22.1. The van der Waals surface area contributed by atoms with Crippen LogP contribution in [-0.4, -0.2) is 40.3 Å². The molecule has 2 N–H and O–H groups in total. The highest BCUT2D eigenvalue weighted by Crippen LogP contribution is 2.33. The Bertz CT molecular complexity index is 968. The molecule has 1 heterocycles. The number of rotatable bonds is 4. The molecule has 2 aromatic rings. The lowest BCUT2D eigenvalue weighted by molar-refractivity contribution is -0.143. The van der Waals surface area contributed by atoms with Gasteiger partial charge in [-0.3, -0.25) is 10.2 Å². The highest BCUT2D eigenvalue weighted by atomic mass is 16.6. The number of carbonyl (C=O) groups is 3. The van der Waals surface area contributed by atoms with E-state index in [9.17, 15) is 19.5 Å². The maximum Gasteiger partial charge on any atom is 0.412 e. The molecule has 8 heteroatoms. The van der Waals surface area contributed by atoms with Crippen molar-refractivity contribution in [3.63, 3.8) is 0 Å². The Balaban J connectivity index is 1.77. The van der Waals surface area contributed by atoms with Gasteiger partial charge < -0.3 is 14.6 Å². The van der Waals surface area contributed by atoms with Crippen LogP contribution in [0.15, 0.2) is 48.5 Å². The number of carboxylic acids is 1. The molecular formula is C23H26N2O6. The molecule has 164 valence electrons. The van der Waals surface area contributed by atoms with Gasteiger partial charge >= 0.3 is 18.2 Å². The summed E-state index contributed by atoms with van der Waals surface area (Å²) in [5, 5.41) is 12.5. The molecule has 31 heavy (non-hydrogen) atoms. The van der Waals surface area contributed by atoms with Crippen molar-refractivity contribution in [2.24, 2.45) is 0 Å². The van der Waals surface area contributed by atoms with E-state index in [4.69, 9.17) is 9.47 Å². The molecule has 0 aromatic heterocycles. The first-order chi connectivity index (χ1) is 14.6. The second-order valence-corrected chi connectivity index (χ2v) is 8.26. The van der Waals surface area contributed by atoms with Crippen LogP contribution in [0.1, 0.15) is 43.5 Å². The van der Waals surface area contributed by atoms with Crippen molar-refractivity contribution in [3.8, 4) is 0 Å². The number of carboxylic acid groups (broad SMARTS) is 1. The molecule has 0 radical (unpaired) electrons. The van der Waals surface area contributed by atoms with E-state index in [0.29, 0.717) is 17.7 Å². The second-order valence-electron chi connectivity index (χ2n) is 8.26. The van der Waals surface area contributed by atoms with Gasteiger partial charge in [0.25, 0.3) is 0 Å². The molecular weight excluding hydrogens is 400 g/mol. The maximum atomic E-state index is 12.7. The Morgan fingerprint density at radius 1 is 1.13 bits per heavy atom. The summed E-state index contributed by atoms with van der Waals surface area (Å²) >= 11 is 0. The zero-order valence-electron chi connectivity index (χ0n) is 17.8. The van der Waals surface area contributed by atoms with Gasteiger partial charge in [-0.25, -0.2) is 14.4 Å². The Hall–Kier alpha value is -3.55. The summed E-state index contributed by atoms with van der Waals surface area (Å²) in [7, 11) is 0. The molecule has 1 aliphatic rings. The van der Waals surface area contributed by atoms with Crippen LogP contribution in [0, 0.1) is 0 Å². The highest BCUT2D eigenvalue weighted by molar-refractivity contribution is 5.87. The van der Waals surface area contributed by atoms with E-state index in [2.05, 4.69) is 5.32 Å². The smallest absolute Gasteiger partial charge is 0.412 e. The minimum atomic E-state index is -1.22. The summed E-state index contributed by atoms with van der Waals surface area (Å²) in [5.74, 6) is -1.17. The lowest BCUT2D eigenvalue weighted by atomic mass is 9.92. The average molecular weight is 426 g/mol. The molecule has 0 spiro atoms. The van der Waals surface area contributed by atoms with Crippen molar-refractivity contribution in [1.29, 1.82) is 0 Å². The molecule has 0 saturated carbocycles. The van der Waals surface area contributed by atoms with Gasteiger partial charge in [-0.1, -0.05) is 36.4 Å². The number of amides is 2. The number of benzene rings is 2. The van der Waals surface area contributed by atoms with E-state index in [1.165, 1.54) is 4.90 Å². The SMILES string of the molecule is CC(C)(C)OC(=O)Nc1ccc2c(c1)C(C(=O)O)N(C(=O)OCc1ccccc1)CC2. The summed E-state index contributed by atoms with van der Waals surface area (Å²) in [5.41, 5.74) is 1.77. The molecule has 0 saturated heterocycles. The van der Waals surface area contributed by atoms with Gasteiger partial charge in [0.05, 0.1) is 0 Å². The maximum absolute atomic E-state index is 12.7. The van der Waals surface area contributed by atoms with Crippen LogP contribution in [0.5, 0.6) is 0 Å². The number of aliphatic carboxylic acids is 1. The molecule has 3 rings (SSSR count). The number of fused-ring (bicyclic) bond motifs is 1. The second kappa shape index (κ2) is 9.07.